The summed E-state index contributed by atoms with van der Waals surface area (Å²) >= 11 is 0. The van der Waals surface area contributed by atoms with Crippen LogP contribution in [0.1, 0.15) is 0 Å². The first-order chi connectivity index (χ1) is 14.7. The van der Waals surface area contributed by atoms with E-state index < -0.39 is 11.9 Å². The van der Waals surface area contributed by atoms with E-state index in [1.165, 1.54) is 12.1 Å². The van der Waals surface area contributed by atoms with Crippen molar-refractivity contribution >= 4 is 43.6 Å². The molecule has 0 unspecified atom stereocenters. The molecule has 6 aromatic rings. The first kappa shape index (κ1) is 16.9. The van der Waals surface area contributed by atoms with Crippen LogP contribution < -0.4 is 0 Å². The van der Waals surface area contributed by atoms with Crippen molar-refractivity contribution in [1.82, 2.24) is 19.9 Å². The quantitative estimate of drug-likeness (QED) is 0.260. The number of halogens is 2. The molecule has 30 heavy (non-hydrogen) atoms. The lowest BCUT2D eigenvalue weighted by atomic mass is 9.93. The van der Waals surface area contributed by atoms with Crippen LogP contribution in [-0.2, 0) is 0 Å². The van der Waals surface area contributed by atoms with Gasteiger partial charge in [-0.15, -0.1) is 0 Å². The molecule has 0 saturated heterocycles. The minimum atomic E-state index is -0.546. The zero-order valence-corrected chi connectivity index (χ0v) is 15.5. The molecule has 0 fully saturated rings. The second-order valence-corrected chi connectivity index (χ2v) is 7.06. The molecule has 142 valence electrons. The molecule has 0 amide bonds. The molecule has 0 spiro atoms. The smallest absolute Gasteiger partial charge is 0.213 e. The molecule has 0 atom stereocenters. The van der Waals surface area contributed by atoms with E-state index in [4.69, 9.17) is 0 Å². The highest BCUT2D eigenvalue weighted by Gasteiger charge is 2.16. The van der Waals surface area contributed by atoms with Crippen LogP contribution in [-0.4, -0.2) is 19.9 Å². The van der Waals surface area contributed by atoms with Crippen molar-refractivity contribution in [1.29, 1.82) is 0 Å². The van der Waals surface area contributed by atoms with E-state index in [0.29, 0.717) is 22.1 Å². The van der Waals surface area contributed by atoms with Crippen LogP contribution in [0.3, 0.4) is 0 Å². The largest absolute Gasteiger partial charge is 0.254 e. The third-order valence-corrected chi connectivity index (χ3v) is 5.32. The van der Waals surface area contributed by atoms with E-state index >= 15 is 0 Å². The molecule has 4 aromatic heterocycles. The van der Waals surface area contributed by atoms with E-state index in [2.05, 4.69) is 19.9 Å². The Morgan fingerprint density at radius 1 is 0.533 bits per heavy atom. The maximum absolute atomic E-state index is 13.8. The van der Waals surface area contributed by atoms with E-state index in [1.54, 1.807) is 24.5 Å². The fourth-order valence-corrected chi connectivity index (χ4v) is 4.04. The summed E-state index contributed by atoms with van der Waals surface area (Å²) in [5, 5.41) is 3.27. The molecule has 2 aromatic carbocycles. The topological polar surface area (TPSA) is 51.6 Å². The summed E-state index contributed by atoms with van der Waals surface area (Å²) in [7, 11) is 0. The number of pyridine rings is 4. The van der Waals surface area contributed by atoms with Gasteiger partial charge < -0.3 is 0 Å². The Kier molecular flexibility index (Phi) is 3.49. The number of nitrogens with zero attached hydrogens (tertiary/aromatic N) is 4. The lowest BCUT2D eigenvalue weighted by Gasteiger charge is -2.13. The molecular formula is C24H12F2N4. The second kappa shape index (κ2) is 6.22. The summed E-state index contributed by atoms with van der Waals surface area (Å²) in [5.74, 6) is -1.09. The van der Waals surface area contributed by atoms with Gasteiger partial charge in [0.2, 0.25) is 11.9 Å². The number of hydrogen-bond acceptors (Lipinski definition) is 4. The molecule has 0 radical (unpaired) electrons. The molecule has 0 saturated carbocycles. The van der Waals surface area contributed by atoms with Crippen LogP contribution in [0, 0.1) is 11.9 Å². The van der Waals surface area contributed by atoms with Crippen molar-refractivity contribution in [3.63, 3.8) is 0 Å². The molecule has 0 N–H and O–H groups in total. The number of aromatic nitrogens is 4. The fourth-order valence-electron chi connectivity index (χ4n) is 4.04. The average molecular weight is 394 g/mol. The van der Waals surface area contributed by atoms with Gasteiger partial charge in [0, 0.05) is 33.9 Å². The summed E-state index contributed by atoms with van der Waals surface area (Å²) in [4.78, 5) is 17.1. The van der Waals surface area contributed by atoms with Crippen LogP contribution in [0.4, 0.5) is 8.78 Å². The average Bonchev–Trinajstić information content (AvgIpc) is 2.78. The number of rotatable bonds is 1. The molecule has 6 rings (SSSR count). The highest BCUT2D eigenvalue weighted by Crippen LogP contribution is 2.38. The van der Waals surface area contributed by atoms with Crippen LogP contribution >= 0.6 is 0 Å². The summed E-state index contributed by atoms with van der Waals surface area (Å²) < 4.78 is 27.6. The van der Waals surface area contributed by atoms with Crippen molar-refractivity contribution in [2.45, 2.75) is 0 Å². The molecule has 0 aliphatic rings. The zero-order valence-electron chi connectivity index (χ0n) is 15.5. The van der Waals surface area contributed by atoms with Gasteiger partial charge in [-0.2, -0.15) is 8.78 Å². The van der Waals surface area contributed by atoms with Crippen molar-refractivity contribution in [3.05, 3.63) is 85.0 Å². The summed E-state index contributed by atoms with van der Waals surface area (Å²) in [6.07, 6.45) is 3.34. The van der Waals surface area contributed by atoms with E-state index in [9.17, 15) is 8.78 Å². The lowest BCUT2D eigenvalue weighted by Crippen LogP contribution is -1.94. The van der Waals surface area contributed by atoms with Crippen LogP contribution in [0.15, 0.2) is 73.1 Å². The van der Waals surface area contributed by atoms with Gasteiger partial charge in [0.05, 0.1) is 22.1 Å². The summed E-state index contributed by atoms with van der Waals surface area (Å²) in [6, 6.07) is 17.6. The van der Waals surface area contributed by atoms with E-state index in [1.807, 2.05) is 36.4 Å². The molecule has 4 heterocycles. The number of benzene rings is 2. The van der Waals surface area contributed by atoms with Gasteiger partial charge in [0.15, 0.2) is 0 Å². The van der Waals surface area contributed by atoms with Crippen molar-refractivity contribution < 1.29 is 8.78 Å². The van der Waals surface area contributed by atoms with Gasteiger partial charge in [0.25, 0.3) is 0 Å². The molecule has 6 heteroatoms. The van der Waals surface area contributed by atoms with Gasteiger partial charge in [0.1, 0.15) is 0 Å². The summed E-state index contributed by atoms with van der Waals surface area (Å²) in [6.45, 7) is 0. The number of fused-ring (bicyclic) bond motifs is 6. The van der Waals surface area contributed by atoms with Crippen LogP contribution in [0.25, 0.3) is 54.7 Å². The predicted octanol–water partition coefficient (Wildman–Crippen LogP) is 5.82. The van der Waals surface area contributed by atoms with E-state index in [0.717, 1.165) is 32.7 Å². The van der Waals surface area contributed by atoms with E-state index in [-0.39, 0.29) is 0 Å². The Hall–Kier alpha value is -4.06. The molecule has 0 aliphatic carbocycles. The third kappa shape index (κ3) is 2.43. The van der Waals surface area contributed by atoms with Crippen molar-refractivity contribution in [2.75, 3.05) is 0 Å². The molecule has 0 bridgehead atoms. The van der Waals surface area contributed by atoms with Gasteiger partial charge in [-0.3, -0.25) is 9.97 Å². The monoisotopic (exact) mass is 394 g/mol. The first-order valence-corrected chi connectivity index (χ1v) is 9.37. The SMILES string of the molecule is Fc1ccc2cc(-c3cc4ccc(F)nc4c4ncccc34)c3cccnc3c2n1. The standard InChI is InChI=1S/C24H12F2N4/c25-19-7-5-13-11-17(15-3-1-9-27-23(15)21(13)29-19)18-12-14-6-8-20(26)30-22(14)24-16(18)4-2-10-28-24/h1-12H. The maximum atomic E-state index is 13.8. The highest BCUT2D eigenvalue weighted by atomic mass is 19.1. The zero-order chi connectivity index (χ0) is 20.2. The normalized spacial score (nSPS) is 11.7. The van der Waals surface area contributed by atoms with Crippen LogP contribution in [0.5, 0.6) is 0 Å². The summed E-state index contributed by atoms with van der Waals surface area (Å²) in [5.41, 5.74) is 4.12. The first-order valence-electron chi connectivity index (χ1n) is 9.37. The molecular weight excluding hydrogens is 382 g/mol. The second-order valence-electron chi connectivity index (χ2n) is 7.06. The molecule has 4 nitrogen and oxygen atoms in total. The van der Waals surface area contributed by atoms with Crippen molar-refractivity contribution in [2.24, 2.45) is 0 Å². The van der Waals surface area contributed by atoms with Crippen LogP contribution in [0.2, 0.25) is 0 Å². The van der Waals surface area contributed by atoms with Gasteiger partial charge in [-0.25, -0.2) is 9.97 Å². The molecule has 0 aliphatic heterocycles. The third-order valence-electron chi connectivity index (χ3n) is 5.32. The Labute approximate surface area is 168 Å². The Morgan fingerprint density at radius 2 is 1.00 bits per heavy atom. The van der Waals surface area contributed by atoms with Gasteiger partial charge >= 0.3 is 0 Å². The Bertz CT molecular complexity index is 1510. The Balaban J connectivity index is 1.81. The van der Waals surface area contributed by atoms with Gasteiger partial charge in [-0.1, -0.05) is 12.1 Å². The number of hydrogen-bond donors (Lipinski definition) is 0. The minimum Gasteiger partial charge on any atom is -0.254 e. The maximum Gasteiger partial charge on any atom is 0.213 e. The predicted molar refractivity (Wildman–Crippen MR) is 113 cm³/mol. The van der Waals surface area contributed by atoms with Crippen molar-refractivity contribution in [3.8, 4) is 11.1 Å². The Morgan fingerprint density at radius 3 is 1.47 bits per heavy atom. The highest BCUT2D eigenvalue weighted by molar-refractivity contribution is 6.16. The minimum absolute atomic E-state index is 0.515. The van der Waals surface area contributed by atoms with Gasteiger partial charge in [-0.05, 0) is 59.7 Å². The lowest BCUT2D eigenvalue weighted by molar-refractivity contribution is 0.589. The fraction of sp³-hybridized carbons (Fsp3) is 0.